The van der Waals surface area contributed by atoms with Crippen LogP contribution in [0.15, 0.2) is 54.6 Å². The van der Waals surface area contributed by atoms with Crippen molar-refractivity contribution in [3.63, 3.8) is 0 Å². The standard InChI is InChI=1S/C20H24N2O3/c23-13-12-17(15-7-2-1-3-8-15)21-20(24)22-18-10-6-14-25-19-11-5-4-9-16(18)19/h1-5,7-9,11,17-18,23H,6,10,12-14H2,(H2,21,22,24)/t17-,18?/m1/s1. The zero-order valence-corrected chi connectivity index (χ0v) is 14.2. The van der Waals surface area contributed by atoms with E-state index in [1.165, 1.54) is 0 Å². The van der Waals surface area contributed by atoms with Crippen molar-refractivity contribution in [1.82, 2.24) is 10.6 Å². The van der Waals surface area contributed by atoms with Crippen LogP contribution in [0.2, 0.25) is 0 Å². The van der Waals surface area contributed by atoms with Crippen molar-refractivity contribution < 1.29 is 14.6 Å². The van der Waals surface area contributed by atoms with Crippen molar-refractivity contribution in [2.24, 2.45) is 0 Å². The van der Waals surface area contributed by atoms with Crippen LogP contribution >= 0.6 is 0 Å². The van der Waals surface area contributed by atoms with Gasteiger partial charge in [0.25, 0.3) is 0 Å². The molecule has 1 heterocycles. The molecule has 0 aliphatic carbocycles. The lowest BCUT2D eigenvalue weighted by molar-refractivity contribution is 0.225. The number of aliphatic hydroxyl groups excluding tert-OH is 1. The van der Waals surface area contributed by atoms with Crippen LogP contribution in [0.4, 0.5) is 4.79 Å². The maximum atomic E-state index is 12.5. The van der Waals surface area contributed by atoms with E-state index in [4.69, 9.17) is 4.74 Å². The van der Waals surface area contributed by atoms with Crippen LogP contribution in [0.25, 0.3) is 0 Å². The number of rotatable bonds is 5. The molecule has 1 unspecified atom stereocenters. The summed E-state index contributed by atoms with van der Waals surface area (Å²) in [4.78, 5) is 12.5. The average Bonchev–Trinajstić information content (AvgIpc) is 2.85. The quantitative estimate of drug-likeness (QED) is 0.782. The number of urea groups is 1. The van der Waals surface area contributed by atoms with Crippen LogP contribution in [-0.2, 0) is 0 Å². The molecule has 25 heavy (non-hydrogen) atoms. The van der Waals surface area contributed by atoms with Gasteiger partial charge in [0.15, 0.2) is 0 Å². The van der Waals surface area contributed by atoms with Crippen LogP contribution in [0, 0.1) is 0 Å². The molecule has 1 aliphatic heterocycles. The number of ether oxygens (including phenoxy) is 1. The largest absolute Gasteiger partial charge is 0.493 e. The third-order valence-electron chi connectivity index (χ3n) is 4.42. The average molecular weight is 340 g/mol. The molecule has 2 atom stereocenters. The number of hydrogen-bond acceptors (Lipinski definition) is 3. The second kappa shape index (κ2) is 8.53. The summed E-state index contributed by atoms with van der Waals surface area (Å²) in [6, 6.07) is 17.0. The van der Waals surface area contributed by atoms with Crippen molar-refractivity contribution in [3.8, 4) is 5.75 Å². The Morgan fingerprint density at radius 3 is 2.72 bits per heavy atom. The molecule has 2 amide bonds. The van der Waals surface area contributed by atoms with Crippen molar-refractivity contribution in [2.75, 3.05) is 13.2 Å². The molecule has 5 heteroatoms. The lowest BCUT2D eigenvalue weighted by atomic mass is 10.0. The summed E-state index contributed by atoms with van der Waals surface area (Å²) in [6.45, 7) is 0.675. The molecule has 0 bridgehead atoms. The van der Waals surface area contributed by atoms with Crippen LogP contribution in [0.3, 0.4) is 0 Å². The van der Waals surface area contributed by atoms with Gasteiger partial charge in [-0.3, -0.25) is 0 Å². The molecule has 132 valence electrons. The van der Waals surface area contributed by atoms with E-state index < -0.39 is 0 Å². The first-order valence-corrected chi connectivity index (χ1v) is 8.72. The van der Waals surface area contributed by atoms with Crippen molar-refractivity contribution in [3.05, 3.63) is 65.7 Å². The number of carbonyl (C=O) groups excluding carboxylic acids is 1. The number of aliphatic hydroxyl groups is 1. The molecule has 3 rings (SSSR count). The molecule has 0 aromatic heterocycles. The molecule has 0 spiro atoms. The Morgan fingerprint density at radius 2 is 1.92 bits per heavy atom. The topological polar surface area (TPSA) is 70.6 Å². The molecular formula is C20H24N2O3. The predicted octanol–water partition coefficient (Wildman–Crippen LogP) is 3.32. The smallest absolute Gasteiger partial charge is 0.315 e. The van der Waals surface area contributed by atoms with Gasteiger partial charge in [0.2, 0.25) is 0 Å². The minimum atomic E-state index is -0.232. The van der Waals surface area contributed by atoms with E-state index in [1.54, 1.807) is 0 Å². The predicted molar refractivity (Wildman–Crippen MR) is 96.5 cm³/mol. The molecule has 3 N–H and O–H groups in total. The van der Waals surface area contributed by atoms with Gasteiger partial charge in [-0.15, -0.1) is 0 Å². The number of carbonyl (C=O) groups is 1. The molecule has 0 fully saturated rings. The van der Waals surface area contributed by atoms with Gasteiger partial charge >= 0.3 is 6.03 Å². The van der Waals surface area contributed by atoms with Gasteiger partial charge in [-0.2, -0.15) is 0 Å². The number of fused-ring (bicyclic) bond motifs is 1. The summed E-state index contributed by atoms with van der Waals surface area (Å²) < 4.78 is 5.74. The minimum Gasteiger partial charge on any atom is -0.493 e. The molecular weight excluding hydrogens is 316 g/mol. The number of amides is 2. The van der Waals surface area contributed by atoms with Gasteiger partial charge < -0.3 is 20.5 Å². The summed E-state index contributed by atoms with van der Waals surface area (Å²) in [5, 5.41) is 15.4. The van der Waals surface area contributed by atoms with E-state index in [0.717, 1.165) is 29.7 Å². The number of hydrogen-bond donors (Lipinski definition) is 3. The van der Waals surface area contributed by atoms with E-state index in [9.17, 15) is 9.90 Å². The first kappa shape index (κ1) is 17.3. The first-order valence-electron chi connectivity index (χ1n) is 8.72. The van der Waals surface area contributed by atoms with Gasteiger partial charge in [0, 0.05) is 12.2 Å². The van der Waals surface area contributed by atoms with Crippen molar-refractivity contribution in [1.29, 1.82) is 0 Å². The highest BCUT2D eigenvalue weighted by Gasteiger charge is 2.22. The molecule has 0 saturated carbocycles. The van der Waals surface area contributed by atoms with E-state index >= 15 is 0 Å². The van der Waals surface area contributed by atoms with E-state index in [0.29, 0.717) is 13.0 Å². The SMILES string of the molecule is O=C(NC1CCCOc2ccccc21)N[C@H](CCO)c1ccccc1. The minimum absolute atomic E-state index is 0.0138. The Balaban J connectivity index is 1.69. The van der Waals surface area contributed by atoms with Gasteiger partial charge in [-0.1, -0.05) is 48.5 Å². The molecule has 1 aliphatic rings. The van der Waals surface area contributed by atoms with Gasteiger partial charge in [-0.05, 0) is 30.9 Å². The zero-order chi connectivity index (χ0) is 17.5. The number of para-hydroxylation sites is 1. The Bertz CT molecular complexity index is 690. The fraction of sp³-hybridized carbons (Fsp3) is 0.350. The van der Waals surface area contributed by atoms with Gasteiger partial charge in [0.1, 0.15) is 5.75 Å². The summed E-state index contributed by atoms with van der Waals surface area (Å²) in [5.74, 6) is 0.834. The zero-order valence-electron chi connectivity index (χ0n) is 14.2. The van der Waals surface area contributed by atoms with Crippen LogP contribution in [0.5, 0.6) is 5.75 Å². The lowest BCUT2D eigenvalue weighted by Gasteiger charge is -2.22. The maximum absolute atomic E-state index is 12.5. The monoisotopic (exact) mass is 340 g/mol. The van der Waals surface area contributed by atoms with Crippen molar-refractivity contribution in [2.45, 2.75) is 31.3 Å². The van der Waals surface area contributed by atoms with Crippen LogP contribution in [0.1, 0.15) is 42.5 Å². The summed E-state index contributed by atoms with van der Waals surface area (Å²) in [6.07, 6.45) is 2.20. The normalized spacial score (nSPS) is 17.6. The Labute approximate surface area is 148 Å². The molecule has 2 aromatic carbocycles. The maximum Gasteiger partial charge on any atom is 0.315 e. The van der Waals surface area contributed by atoms with Gasteiger partial charge in [-0.25, -0.2) is 4.79 Å². The van der Waals surface area contributed by atoms with Crippen molar-refractivity contribution >= 4 is 6.03 Å². The highest BCUT2D eigenvalue weighted by molar-refractivity contribution is 5.75. The van der Waals surface area contributed by atoms with E-state index in [2.05, 4.69) is 10.6 Å². The summed E-state index contributed by atoms with van der Waals surface area (Å²) in [7, 11) is 0. The third-order valence-corrected chi connectivity index (χ3v) is 4.42. The second-order valence-corrected chi connectivity index (χ2v) is 6.17. The first-order chi connectivity index (χ1) is 12.3. The summed E-state index contributed by atoms with van der Waals surface area (Å²) in [5.41, 5.74) is 1.99. The Kier molecular flexibility index (Phi) is 5.90. The van der Waals surface area contributed by atoms with Gasteiger partial charge in [0.05, 0.1) is 18.7 Å². The Hall–Kier alpha value is -2.53. The lowest BCUT2D eigenvalue weighted by Crippen LogP contribution is -2.40. The van der Waals surface area contributed by atoms with Crippen LogP contribution < -0.4 is 15.4 Å². The fourth-order valence-electron chi connectivity index (χ4n) is 3.17. The van der Waals surface area contributed by atoms with E-state index in [1.807, 2.05) is 54.6 Å². The fourth-order valence-corrected chi connectivity index (χ4v) is 3.17. The molecule has 0 radical (unpaired) electrons. The van der Waals surface area contributed by atoms with E-state index in [-0.39, 0.29) is 24.7 Å². The molecule has 0 saturated heterocycles. The third kappa shape index (κ3) is 4.51. The van der Waals surface area contributed by atoms with Crippen LogP contribution in [-0.4, -0.2) is 24.4 Å². The highest BCUT2D eigenvalue weighted by Crippen LogP contribution is 2.31. The second-order valence-electron chi connectivity index (χ2n) is 6.17. The summed E-state index contributed by atoms with van der Waals surface area (Å²) >= 11 is 0. The Morgan fingerprint density at radius 1 is 1.16 bits per heavy atom. The number of benzene rings is 2. The molecule has 2 aromatic rings. The number of nitrogens with one attached hydrogen (secondary N) is 2. The molecule has 5 nitrogen and oxygen atoms in total. The highest BCUT2D eigenvalue weighted by atomic mass is 16.5.